The molecule has 2 heteroatoms. The highest BCUT2D eigenvalue weighted by Gasteiger charge is 2.33. The van der Waals surface area contributed by atoms with Gasteiger partial charge in [-0.2, -0.15) is 0 Å². The molecule has 15 heavy (non-hydrogen) atoms. The molecule has 0 bridgehead atoms. The molecule has 0 aromatic heterocycles. The first-order valence-corrected chi connectivity index (χ1v) is 6.34. The highest BCUT2D eigenvalue weighted by molar-refractivity contribution is 5.60. The molecule has 0 heterocycles. The SMILES string of the molecule is CCN(CC1(C=O)CCCCC1)C(C)C. The summed E-state index contributed by atoms with van der Waals surface area (Å²) in [5.41, 5.74) is -0.0292. The fraction of sp³-hybridized carbons (Fsp3) is 0.923. The zero-order chi connectivity index (χ0) is 11.3. The van der Waals surface area contributed by atoms with Gasteiger partial charge in [-0.3, -0.25) is 0 Å². The highest BCUT2D eigenvalue weighted by Crippen LogP contribution is 2.35. The lowest BCUT2D eigenvalue weighted by atomic mass is 9.74. The van der Waals surface area contributed by atoms with Gasteiger partial charge in [0, 0.05) is 18.0 Å². The Hall–Kier alpha value is -0.370. The van der Waals surface area contributed by atoms with Gasteiger partial charge in [0.15, 0.2) is 0 Å². The minimum atomic E-state index is -0.0292. The second kappa shape index (κ2) is 5.64. The topological polar surface area (TPSA) is 20.3 Å². The molecule has 0 aliphatic heterocycles. The molecule has 0 radical (unpaired) electrons. The van der Waals surface area contributed by atoms with Gasteiger partial charge in [0.2, 0.25) is 0 Å². The van der Waals surface area contributed by atoms with Crippen LogP contribution in [0.1, 0.15) is 52.9 Å². The summed E-state index contributed by atoms with van der Waals surface area (Å²) < 4.78 is 0. The van der Waals surface area contributed by atoms with Crippen LogP contribution in [0, 0.1) is 5.41 Å². The van der Waals surface area contributed by atoms with E-state index >= 15 is 0 Å². The summed E-state index contributed by atoms with van der Waals surface area (Å²) in [5.74, 6) is 0. The number of aldehydes is 1. The van der Waals surface area contributed by atoms with Gasteiger partial charge in [0.25, 0.3) is 0 Å². The third-order valence-electron chi connectivity index (χ3n) is 3.75. The molecule has 1 saturated carbocycles. The number of hydrogen-bond acceptors (Lipinski definition) is 2. The van der Waals surface area contributed by atoms with E-state index in [1.807, 2.05) is 0 Å². The first-order valence-electron chi connectivity index (χ1n) is 6.34. The van der Waals surface area contributed by atoms with E-state index in [0.717, 1.165) is 25.9 Å². The van der Waals surface area contributed by atoms with Crippen LogP contribution in [0.4, 0.5) is 0 Å². The van der Waals surface area contributed by atoms with Crippen molar-refractivity contribution in [1.82, 2.24) is 4.90 Å². The Morgan fingerprint density at radius 1 is 1.27 bits per heavy atom. The van der Waals surface area contributed by atoms with Gasteiger partial charge >= 0.3 is 0 Å². The predicted octanol–water partition coefficient (Wildman–Crippen LogP) is 2.87. The Kier molecular flexibility index (Phi) is 4.78. The molecule has 0 saturated heterocycles. The minimum absolute atomic E-state index is 0.0292. The van der Waals surface area contributed by atoms with Crippen molar-refractivity contribution in [2.24, 2.45) is 5.41 Å². The molecule has 1 rings (SSSR count). The Bertz CT molecular complexity index is 195. The maximum atomic E-state index is 11.3. The Morgan fingerprint density at radius 2 is 1.87 bits per heavy atom. The zero-order valence-corrected chi connectivity index (χ0v) is 10.5. The van der Waals surface area contributed by atoms with E-state index in [9.17, 15) is 4.79 Å². The van der Waals surface area contributed by atoms with Crippen LogP contribution in [0.2, 0.25) is 0 Å². The van der Waals surface area contributed by atoms with Crippen molar-refractivity contribution in [1.29, 1.82) is 0 Å². The first-order chi connectivity index (χ1) is 7.13. The van der Waals surface area contributed by atoms with Crippen LogP contribution in [0.15, 0.2) is 0 Å². The molecule has 88 valence electrons. The van der Waals surface area contributed by atoms with Gasteiger partial charge in [-0.1, -0.05) is 26.2 Å². The van der Waals surface area contributed by atoms with E-state index in [1.165, 1.54) is 25.5 Å². The van der Waals surface area contributed by atoms with E-state index in [2.05, 4.69) is 25.7 Å². The molecule has 0 amide bonds. The minimum Gasteiger partial charge on any atom is -0.303 e. The number of rotatable bonds is 5. The van der Waals surface area contributed by atoms with Crippen LogP contribution < -0.4 is 0 Å². The summed E-state index contributed by atoms with van der Waals surface area (Å²) in [6.45, 7) is 8.62. The normalized spacial score (nSPS) is 20.9. The molecule has 0 unspecified atom stereocenters. The summed E-state index contributed by atoms with van der Waals surface area (Å²) in [6.07, 6.45) is 7.20. The zero-order valence-electron chi connectivity index (χ0n) is 10.5. The lowest BCUT2D eigenvalue weighted by Crippen LogP contribution is -2.43. The fourth-order valence-corrected chi connectivity index (χ4v) is 2.63. The molecule has 0 atom stereocenters. The van der Waals surface area contributed by atoms with Crippen molar-refractivity contribution >= 4 is 6.29 Å². The van der Waals surface area contributed by atoms with Gasteiger partial charge in [-0.25, -0.2) is 0 Å². The molecule has 1 aliphatic rings. The Balaban J connectivity index is 2.61. The smallest absolute Gasteiger partial charge is 0.127 e. The monoisotopic (exact) mass is 211 g/mol. The molecular weight excluding hydrogens is 186 g/mol. The maximum Gasteiger partial charge on any atom is 0.127 e. The van der Waals surface area contributed by atoms with Crippen LogP contribution >= 0.6 is 0 Å². The number of carbonyl (C=O) groups is 1. The third-order valence-corrected chi connectivity index (χ3v) is 3.75. The number of nitrogens with zero attached hydrogens (tertiary/aromatic N) is 1. The van der Waals surface area contributed by atoms with Crippen molar-refractivity contribution < 1.29 is 4.79 Å². The van der Waals surface area contributed by atoms with Gasteiger partial charge in [0.1, 0.15) is 6.29 Å². The second-order valence-electron chi connectivity index (χ2n) is 5.20. The summed E-state index contributed by atoms with van der Waals surface area (Å²) >= 11 is 0. The predicted molar refractivity (Wildman–Crippen MR) is 64.0 cm³/mol. The summed E-state index contributed by atoms with van der Waals surface area (Å²) in [5, 5.41) is 0. The molecule has 2 nitrogen and oxygen atoms in total. The molecule has 0 N–H and O–H groups in total. The summed E-state index contributed by atoms with van der Waals surface area (Å²) in [7, 11) is 0. The lowest BCUT2D eigenvalue weighted by Gasteiger charge is -2.38. The van der Waals surface area contributed by atoms with Crippen molar-refractivity contribution in [3.05, 3.63) is 0 Å². The quantitative estimate of drug-likeness (QED) is 0.652. The van der Waals surface area contributed by atoms with Crippen LogP contribution in [0.3, 0.4) is 0 Å². The van der Waals surface area contributed by atoms with E-state index in [1.54, 1.807) is 0 Å². The van der Waals surface area contributed by atoms with Gasteiger partial charge in [-0.05, 0) is 33.2 Å². The maximum absolute atomic E-state index is 11.3. The molecule has 1 aliphatic carbocycles. The average Bonchev–Trinajstić information content (AvgIpc) is 2.27. The number of hydrogen-bond donors (Lipinski definition) is 0. The van der Waals surface area contributed by atoms with E-state index in [-0.39, 0.29) is 5.41 Å². The Labute approximate surface area is 94.0 Å². The molecule has 0 aromatic carbocycles. The molecule has 1 fully saturated rings. The number of carbonyl (C=O) groups excluding carboxylic acids is 1. The Morgan fingerprint density at radius 3 is 2.27 bits per heavy atom. The largest absolute Gasteiger partial charge is 0.303 e. The highest BCUT2D eigenvalue weighted by atomic mass is 16.1. The van der Waals surface area contributed by atoms with Crippen molar-refractivity contribution in [2.45, 2.75) is 58.9 Å². The van der Waals surface area contributed by atoms with E-state index in [0.29, 0.717) is 6.04 Å². The van der Waals surface area contributed by atoms with E-state index in [4.69, 9.17) is 0 Å². The summed E-state index contributed by atoms with van der Waals surface area (Å²) in [6, 6.07) is 0.550. The standard InChI is InChI=1S/C13H25NO/c1-4-14(12(2)3)10-13(11-15)8-6-5-7-9-13/h11-12H,4-10H2,1-3H3. The molecule has 0 aromatic rings. The second-order valence-corrected chi connectivity index (χ2v) is 5.20. The van der Waals surface area contributed by atoms with Crippen LogP contribution in [-0.2, 0) is 4.79 Å². The summed E-state index contributed by atoms with van der Waals surface area (Å²) in [4.78, 5) is 13.7. The van der Waals surface area contributed by atoms with Gasteiger partial charge < -0.3 is 9.69 Å². The van der Waals surface area contributed by atoms with Crippen LogP contribution in [0.25, 0.3) is 0 Å². The molecular formula is C13H25NO. The van der Waals surface area contributed by atoms with Crippen molar-refractivity contribution in [2.75, 3.05) is 13.1 Å². The fourth-order valence-electron chi connectivity index (χ4n) is 2.63. The molecule has 0 spiro atoms. The third kappa shape index (κ3) is 3.30. The first kappa shape index (κ1) is 12.7. The van der Waals surface area contributed by atoms with Crippen molar-refractivity contribution in [3.8, 4) is 0 Å². The van der Waals surface area contributed by atoms with E-state index < -0.39 is 0 Å². The van der Waals surface area contributed by atoms with Gasteiger partial charge in [-0.15, -0.1) is 0 Å². The van der Waals surface area contributed by atoms with Gasteiger partial charge in [0.05, 0.1) is 0 Å². The average molecular weight is 211 g/mol. The van der Waals surface area contributed by atoms with Crippen LogP contribution in [-0.4, -0.2) is 30.3 Å². The van der Waals surface area contributed by atoms with Crippen molar-refractivity contribution in [3.63, 3.8) is 0 Å². The van der Waals surface area contributed by atoms with Crippen LogP contribution in [0.5, 0.6) is 0 Å². The lowest BCUT2D eigenvalue weighted by molar-refractivity contribution is -0.119.